The van der Waals surface area contributed by atoms with E-state index < -0.39 is 0 Å². The van der Waals surface area contributed by atoms with Gasteiger partial charge in [0.05, 0.1) is 18.4 Å². The van der Waals surface area contributed by atoms with Crippen molar-refractivity contribution in [2.45, 2.75) is 26.2 Å². The van der Waals surface area contributed by atoms with Gasteiger partial charge in [0.15, 0.2) is 0 Å². The van der Waals surface area contributed by atoms with E-state index in [2.05, 4.69) is 22.3 Å². The molecule has 1 N–H and O–H groups in total. The first-order valence-electron chi connectivity index (χ1n) is 12.0. The first-order valence-corrected chi connectivity index (χ1v) is 12.0. The molecule has 2 amide bonds. The number of imide groups is 1. The van der Waals surface area contributed by atoms with Gasteiger partial charge in [-0.2, -0.15) is 0 Å². The Morgan fingerprint density at radius 2 is 1.49 bits per heavy atom. The monoisotopic (exact) mass is 467 g/mol. The maximum atomic E-state index is 13.7. The second-order valence-corrected chi connectivity index (χ2v) is 8.90. The van der Waals surface area contributed by atoms with Crippen LogP contribution in [0.15, 0.2) is 78.5 Å². The highest BCUT2D eigenvalue weighted by Gasteiger charge is 2.41. The molecule has 178 valence electrons. The number of aryl methyl sites for hydroxylation is 1. The van der Waals surface area contributed by atoms with Crippen molar-refractivity contribution in [1.82, 2.24) is 0 Å². The van der Waals surface area contributed by atoms with Crippen molar-refractivity contribution < 1.29 is 14.3 Å². The second kappa shape index (κ2) is 9.66. The van der Waals surface area contributed by atoms with Crippen LogP contribution in [0.2, 0.25) is 0 Å². The maximum Gasteiger partial charge on any atom is 0.282 e. The van der Waals surface area contributed by atoms with Gasteiger partial charge < -0.3 is 15.0 Å². The molecule has 0 aliphatic carbocycles. The third kappa shape index (κ3) is 4.28. The number of piperidine rings is 1. The van der Waals surface area contributed by atoms with E-state index in [-0.39, 0.29) is 17.5 Å². The molecule has 0 radical (unpaired) electrons. The van der Waals surface area contributed by atoms with E-state index >= 15 is 0 Å². The number of carbonyl (C=O) groups excluding carboxylic acids is 2. The van der Waals surface area contributed by atoms with Crippen LogP contribution in [0.3, 0.4) is 0 Å². The standard InChI is InChI=1S/C29H29N3O3/c1-20-10-4-6-12-24(20)32-28(33)26(23-11-5-7-13-25(23)35-2)27(29(32)34)30-21-14-16-22(17-15-21)31-18-8-3-9-19-31/h4-7,10-17,30H,3,8-9,18-19H2,1-2H3. The fraction of sp³-hybridized carbons (Fsp3) is 0.241. The molecule has 6 nitrogen and oxygen atoms in total. The van der Waals surface area contributed by atoms with Crippen molar-refractivity contribution in [2.75, 3.05) is 35.3 Å². The molecule has 3 aromatic rings. The van der Waals surface area contributed by atoms with E-state index in [0.29, 0.717) is 22.6 Å². The molecule has 0 unspecified atom stereocenters. The van der Waals surface area contributed by atoms with Gasteiger partial charge in [-0.1, -0.05) is 36.4 Å². The first kappa shape index (κ1) is 22.7. The van der Waals surface area contributed by atoms with Crippen molar-refractivity contribution >= 4 is 34.4 Å². The Kier molecular flexibility index (Phi) is 6.27. The molecule has 0 aromatic heterocycles. The highest BCUT2D eigenvalue weighted by molar-refractivity contribution is 6.46. The molecule has 3 aromatic carbocycles. The van der Waals surface area contributed by atoms with E-state index in [1.807, 2.05) is 55.5 Å². The van der Waals surface area contributed by atoms with E-state index in [0.717, 1.165) is 24.3 Å². The molecule has 0 saturated carbocycles. The van der Waals surface area contributed by atoms with Crippen LogP contribution in [0.1, 0.15) is 30.4 Å². The highest BCUT2D eigenvalue weighted by Crippen LogP contribution is 2.38. The smallest absolute Gasteiger partial charge is 0.282 e. The van der Waals surface area contributed by atoms with Gasteiger partial charge in [-0.3, -0.25) is 9.59 Å². The van der Waals surface area contributed by atoms with Crippen LogP contribution in [0.4, 0.5) is 17.1 Å². The average molecular weight is 468 g/mol. The minimum atomic E-state index is -0.384. The highest BCUT2D eigenvalue weighted by atomic mass is 16.5. The largest absolute Gasteiger partial charge is 0.496 e. The molecule has 0 atom stereocenters. The average Bonchev–Trinajstić information content (AvgIpc) is 3.14. The third-order valence-electron chi connectivity index (χ3n) is 6.67. The molecular formula is C29H29N3O3. The van der Waals surface area contributed by atoms with Gasteiger partial charge in [-0.25, -0.2) is 4.90 Å². The van der Waals surface area contributed by atoms with Crippen molar-refractivity contribution in [2.24, 2.45) is 0 Å². The minimum absolute atomic E-state index is 0.244. The van der Waals surface area contributed by atoms with Crippen LogP contribution >= 0.6 is 0 Å². The summed E-state index contributed by atoms with van der Waals surface area (Å²) < 4.78 is 5.54. The maximum absolute atomic E-state index is 13.7. The van der Waals surface area contributed by atoms with Gasteiger partial charge in [0.1, 0.15) is 11.4 Å². The Hall–Kier alpha value is -4.06. The van der Waals surface area contributed by atoms with Crippen molar-refractivity contribution in [3.63, 3.8) is 0 Å². The number of carbonyl (C=O) groups is 2. The summed E-state index contributed by atoms with van der Waals surface area (Å²) >= 11 is 0. The van der Waals surface area contributed by atoms with Gasteiger partial charge in [0.2, 0.25) is 0 Å². The molecule has 2 heterocycles. The molecule has 35 heavy (non-hydrogen) atoms. The lowest BCUT2D eigenvalue weighted by molar-refractivity contribution is -0.120. The number of nitrogens with one attached hydrogen (secondary N) is 1. The lowest BCUT2D eigenvalue weighted by atomic mass is 10.0. The second-order valence-electron chi connectivity index (χ2n) is 8.90. The number of amides is 2. The summed E-state index contributed by atoms with van der Waals surface area (Å²) in [6.07, 6.45) is 3.70. The lowest BCUT2D eigenvalue weighted by Crippen LogP contribution is -2.33. The number of nitrogens with zero attached hydrogens (tertiary/aromatic N) is 2. The number of anilines is 3. The summed E-state index contributed by atoms with van der Waals surface area (Å²) in [4.78, 5) is 31.1. The number of para-hydroxylation sites is 2. The fourth-order valence-corrected chi connectivity index (χ4v) is 4.83. The zero-order valence-electron chi connectivity index (χ0n) is 20.1. The van der Waals surface area contributed by atoms with Gasteiger partial charge >= 0.3 is 0 Å². The number of hydrogen-bond donors (Lipinski definition) is 1. The van der Waals surface area contributed by atoms with Crippen LogP contribution in [-0.4, -0.2) is 32.0 Å². The SMILES string of the molecule is COc1ccccc1C1=C(Nc2ccc(N3CCCCC3)cc2)C(=O)N(c2ccccc2C)C1=O. The van der Waals surface area contributed by atoms with Gasteiger partial charge in [0.25, 0.3) is 11.8 Å². The lowest BCUT2D eigenvalue weighted by Gasteiger charge is -2.28. The third-order valence-corrected chi connectivity index (χ3v) is 6.67. The van der Waals surface area contributed by atoms with Crippen LogP contribution < -0.4 is 19.9 Å². The summed E-state index contributed by atoms with van der Waals surface area (Å²) in [5, 5.41) is 3.26. The number of rotatable bonds is 6. The molecular weight excluding hydrogens is 438 g/mol. The van der Waals surface area contributed by atoms with Crippen molar-refractivity contribution in [1.29, 1.82) is 0 Å². The number of benzene rings is 3. The summed E-state index contributed by atoms with van der Waals surface area (Å²) in [5.74, 6) is -0.221. The summed E-state index contributed by atoms with van der Waals surface area (Å²) in [6.45, 7) is 4.02. The Labute approximate surface area is 205 Å². The first-order chi connectivity index (χ1) is 17.1. The van der Waals surface area contributed by atoms with Gasteiger partial charge in [-0.05, 0) is 68.1 Å². The van der Waals surface area contributed by atoms with E-state index in [9.17, 15) is 9.59 Å². The summed E-state index contributed by atoms with van der Waals surface area (Å²) in [6, 6.07) is 22.7. The van der Waals surface area contributed by atoms with Crippen LogP contribution in [-0.2, 0) is 9.59 Å². The van der Waals surface area contributed by atoms with E-state index in [1.54, 1.807) is 19.2 Å². The van der Waals surface area contributed by atoms with Crippen molar-refractivity contribution in [3.05, 3.63) is 89.6 Å². The zero-order chi connectivity index (χ0) is 24.4. The van der Waals surface area contributed by atoms with E-state index in [1.165, 1.54) is 29.8 Å². The van der Waals surface area contributed by atoms with E-state index in [4.69, 9.17) is 4.74 Å². The molecule has 0 bridgehead atoms. The summed E-state index contributed by atoms with van der Waals surface area (Å²) in [7, 11) is 1.56. The molecule has 0 spiro atoms. The molecule has 2 aliphatic rings. The Morgan fingerprint density at radius 3 is 2.20 bits per heavy atom. The Balaban J connectivity index is 1.54. The number of ether oxygens (including phenoxy) is 1. The molecule has 1 saturated heterocycles. The Morgan fingerprint density at radius 1 is 0.800 bits per heavy atom. The number of hydrogen-bond acceptors (Lipinski definition) is 5. The zero-order valence-corrected chi connectivity index (χ0v) is 20.1. The fourth-order valence-electron chi connectivity index (χ4n) is 4.83. The van der Waals surface area contributed by atoms with Crippen LogP contribution in [0, 0.1) is 6.92 Å². The quantitative estimate of drug-likeness (QED) is 0.493. The Bertz CT molecular complexity index is 1290. The predicted molar refractivity (Wildman–Crippen MR) is 140 cm³/mol. The molecule has 1 fully saturated rings. The number of methoxy groups -OCH3 is 1. The molecule has 6 heteroatoms. The topological polar surface area (TPSA) is 61.9 Å². The summed E-state index contributed by atoms with van der Waals surface area (Å²) in [5.41, 5.74) is 4.47. The normalized spacial score (nSPS) is 16.2. The minimum Gasteiger partial charge on any atom is -0.496 e. The molecule has 5 rings (SSSR count). The van der Waals surface area contributed by atoms with Crippen LogP contribution in [0.5, 0.6) is 5.75 Å². The van der Waals surface area contributed by atoms with Crippen LogP contribution in [0.25, 0.3) is 5.57 Å². The molecule has 2 aliphatic heterocycles. The van der Waals surface area contributed by atoms with Gasteiger partial charge in [-0.15, -0.1) is 0 Å². The predicted octanol–water partition coefficient (Wildman–Crippen LogP) is 5.39. The van der Waals surface area contributed by atoms with Gasteiger partial charge in [0, 0.05) is 30.0 Å². The van der Waals surface area contributed by atoms with Crippen molar-refractivity contribution in [3.8, 4) is 5.75 Å².